The molecule has 0 fully saturated rings. The van der Waals surface area contributed by atoms with Crippen molar-refractivity contribution in [3.8, 4) is 34.1 Å². The van der Waals surface area contributed by atoms with Gasteiger partial charge in [-0.15, -0.1) is 0 Å². The number of phenolic OH excluding ortho intramolecular Hbond substituents is 1. The van der Waals surface area contributed by atoms with Crippen LogP contribution in [0.25, 0.3) is 22.6 Å². The lowest BCUT2D eigenvalue weighted by atomic mass is 10.1. The van der Waals surface area contributed by atoms with E-state index in [9.17, 15) is 9.90 Å². The summed E-state index contributed by atoms with van der Waals surface area (Å²) in [6, 6.07) is 14.2. The Labute approximate surface area is 151 Å². The van der Waals surface area contributed by atoms with Gasteiger partial charge in [0.05, 0.1) is 13.7 Å². The predicted molar refractivity (Wildman–Crippen MR) is 97.7 cm³/mol. The minimum Gasteiger partial charge on any atom is -0.508 e. The van der Waals surface area contributed by atoms with Crippen LogP contribution in [0, 0.1) is 0 Å². The summed E-state index contributed by atoms with van der Waals surface area (Å²) in [5, 5.41) is 12.3. The van der Waals surface area contributed by atoms with Gasteiger partial charge in [-0.3, -0.25) is 4.79 Å². The number of nitrogens with zero attached hydrogens (tertiary/aromatic N) is 1. The maximum Gasteiger partial charge on any atom is 0.220 e. The number of carbonyl (C=O) groups is 1. The Balaban J connectivity index is 2.00. The quantitative estimate of drug-likeness (QED) is 0.706. The maximum atomic E-state index is 11.5. The van der Waals surface area contributed by atoms with E-state index in [2.05, 4.69) is 10.3 Å². The molecule has 1 aromatic heterocycles. The summed E-state index contributed by atoms with van der Waals surface area (Å²) in [5.74, 6) is 1.85. The number of carbonyl (C=O) groups excluding carboxylic acids is 1. The molecule has 26 heavy (non-hydrogen) atoms. The molecule has 0 aliphatic rings. The van der Waals surface area contributed by atoms with Crippen LogP contribution in [-0.2, 0) is 11.3 Å². The molecule has 0 bridgehead atoms. The Morgan fingerprint density at radius 1 is 1.12 bits per heavy atom. The smallest absolute Gasteiger partial charge is 0.220 e. The Morgan fingerprint density at radius 3 is 2.38 bits per heavy atom. The molecule has 2 aromatic carbocycles. The minimum absolute atomic E-state index is 0.0691. The van der Waals surface area contributed by atoms with Gasteiger partial charge in [-0.05, 0) is 48.5 Å². The summed E-state index contributed by atoms with van der Waals surface area (Å²) >= 11 is 0. The van der Waals surface area contributed by atoms with Crippen LogP contribution in [0.1, 0.15) is 19.2 Å². The first-order valence-electron chi connectivity index (χ1n) is 8.31. The van der Waals surface area contributed by atoms with Crippen LogP contribution in [0.15, 0.2) is 52.9 Å². The van der Waals surface area contributed by atoms with Gasteiger partial charge in [0, 0.05) is 17.5 Å². The highest BCUT2D eigenvalue weighted by Crippen LogP contribution is 2.34. The summed E-state index contributed by atoms with van der Waals surface area (Å²) in [6.07, 6.45) is 0.400. The number of aromatic nitrogens is 1. The molecule has 2 N–H and O–H groups in total. The standard InChI is InChI=1S/C20H20N2O4/c1-3-17(24)21-12-18-22-19(13-6-10-16(25-2)11-7-13)20(26-18)14-4-8-15(23)9-5-14/h4-11,23H,3,12H2,1-2H3,(H,21,24). The van der Waals surface area contributed by atoms with E-state index >= 15 is 0 Å². The molecule has 0 atom stereocenters. The highest BCUT2D eigenvalue weighted by Gasteiger charge is 2.17. The SMILES string of the molecule is CCC(=O)NCc1nc(-c2ccc(OC)cc2)c(-c2ccc(O)cc2)o1. The first kappa shape index (κ1) is 17.5. The molecule has 134 valence electrons. The zero-order valence-corrected chi connectivity index (χ0v) is 14.7. The molecule has 0 aliphatic heterocycles. The molecular weight excluding hydrogens is 332 g/mol. The third-order valence-corrected chi connectivity index (χ3v) is 3.92. The largest absolute Gasteiger partial charge is 0.508 e. The summed E-state index contributed by atoms with van der Waals surface area (Å²) in [7, 11) is 1.61. The van der Waals surface area contributed by atoms with Gasteiger partial charge in [-0.25, -0.2) is 4.98 Å². The number of nitrogens with one attached hydrogen (secondary N) is 1. The normalized spacial score (nSPS) is 10.5. The lowest BCUT2D eigenvalue weighted by molar-refractivity contribution is -0.121. The van der Waals surface area contributed by atoms with E-state index in [1.807, 2.05) is 24.3 Å². The molecule has 1 amide bonds. The van der Waals surface area contributed by atoms with E-state index in [0.717, 1.165) is 16.9 Å². The fraction of sp³-hybridized carbons (Fsp3) is 0.200. The number of aromatic hydroxyl groups is 1. The highest BCUT2D eigenvalue weighted by molar-refractivity contribution is 5.78. The number of benzene rings is 2. The van der Waals surface area contributed by atoms with Crippen LogP contribution in [0.5, 0.6) is 11.5 Å². The van der Waals surface area contributed by atoms with Crippen molar-refractivity contribution >= 4 is 5.91 Å². The molecule has 6 heteroatoms. The summed E-state index contributed by atoms with van der Waals surface area (Å²) < 4.78 is 11.1. The highest BCUT2D eigenvalue weighted by atomic mass is 16.5. The average molecular weight is 352 g/mol. The van der Waals surface area contributed by atoms with E-state index in [-0.39, 0.29) is 18.2 Å². The number of amides is 1. The van der Waals surface area contributed by atoms with Crippen molar-refractivity contribution < 1.29 is 19.1 Å². The Hall–Kier alpha value is -3.28. The molecule has 0 saturated heterocycles. The number of hydrogen-bond acceptors (Lipinski definition) is 5. The zero-order chi connectivity index (χ0) is 18.5. The van der Waals surface area contributed by atoms with E-state index in [1.54, 1.807) is 38.3 Å². The first-order valence-corrected chi connectivity index (χ1v) is 8.31. The molecule has 1 heterocycles. The van der Waals surface area contributed by atoms with Crippen LogP contribution in [0.3, 0.4) is 0 Å². The number of rotatable bonds is 6. The van der Waals surface area contributed by atoms with Gasteiger partial charge in [0.2, 0.25) is 11.8 Å². The van der Waals surface area contributed by atoms with Crippen molar-refractivity contribution in [3.05, 3.63) is 54.4 Å². The van der Waals surface area contributed by atoms with Gasteiger partial charge in [-0.1, -0.05) is 6.92 Å². The lowest BCUT2D eigenvalue weighted by Crippen LogP contribution is -2.21. The second kappa shape index (κ2) is 7.74. The topological polar surface area (TPSA) is 84.6 Å². The Kier molecular flexibility index (Phi) is 5.22. The molecule has 0 aliphatic carbocycles. The molecule has 3 rings (SSSR count). The molecule has 0 spiro atoms. The summed E-state index contributed by atoms with van der Waals surface area (Å²) in [4.78, 5) is 16.1. The number of methoxy groups -OCH3 is 1. The predicted octanol–water partition coefficient (Wildman–Crippen LogP) is 3.75. The van der Waals surface area contributed by atoms with Gasteiger partial charge < -0.3 is 19.6 Å². The molecule has 0 saturated carbocycles. The van der Waals surface area contributed by atoms with Crippen LogP contribution >= 0.6 is 0 Å². The van der Waals surface area contributed by atoms with Crippen LogP contribution in [0.2, 0.25) is 0 Å². The van der Waals surface area contributed by atoms with Crippen LogP contribution < -0.4 is 10.1 Å². The van der Waals surface area contributed by atoms with E-state index in [4.69, 9.17) is 9.15 Å². The van der Waals surface area contributed by atoms with Crippen molar-refractivity contribution in [2.45, 2.75) is 19.9 Å². The van der Waals surface area contributed by atoms with E-state index in [0.29, 0.717) is 23.8 Å². The molecule has 0 unspecified atom stereocenters. The zero-order valence-electron chi connectivity index (χ0n) is 14.7. The minimum atomic E-state index is -0.0691. The molecule has 0 radical (unpaired) electrons. The van der Waals surface area contributed by atoms with Crippen molar-refractivity contribution in [1.82, 2.24) is 10.3 Å². The first-order chi connectivity index (χ1) is 12.6. The van der Waals surface area contributed by atoms with Crippen LogP contribution in [0.4, 0.5) is 0 Å². The number of hydrogen-bond donors (Lipinski definition) is 2. The fourth-order valence-corrected chi connectivity index (χ4v) is 2.49. The van der Waals surface area contributed by atoms with Gasteiger partial charge >= 0.3 is 0 Å². The number of phenols is 1. The maximum absolute atomic E-state index is 11.5. The lowest BCUT2D eigenvalue weighted by Gasteiger charge is -2.03. The van der Waals surface area contributed by atoms with Crippen molar-refractivity contribution in [1.29, 1.82) is 0 Å². The fourth-order valence-electron chi connectivity index (χ4n) is 2.49. The second-order valence-corrected chi connectivity index (χ2v) is 5.69. The second-order valence-electron chi connectivity index (χ2n) is 5.69. The van der Waals surface area contributed by atoms with Gasteiger partial charge in [0.25, 0.3) is 0 Å². The van der Waals surface area contributed by atoms with Crippen molar-refractivity contribution in [2.75, 3.05) is 7.11 Å². The van der Waals surface area contributed by atoms with E-state index < -0.39 is 0 Å². The molecule has 6 nitrogen and oxygen atoms in total. The van der Waals surface area contributed by atoms with Crippen LogP contribution in [-0.4, -0.2) is 23.1 Å². The Bertz CT molecular complexity index is 883. The average Bonchev–Trinajstić information content (AvgIpc) is 3.11. The van der Waals surface area contributed by atoms with E-state index in [1.165, 1.54) is 0 Å². The number of oxazole rings is 1. The summed E-state index contributed by atoms with van der Waals surface area (Å²) in [5.41, 5.74) is 2.32. The van der Waals surface area contributed by atoms with Crippen molar-refractivity contribution in [2.24, 2.45) is 0 Å². The van der Waals surface area contributed by atoms with Gasteiger partial charge in [0.15, 0.2) is 5.76 Å². The molecular formula is C20H20N2O4. The third-order valence-electron chi connectivity index (χ3n) is 3.92. The third kappa shape index (κ3) is 3.85. The Morgan fingerprint density at radius 2 is 1.77 bits per heavy atom. The van der Waals surface area contributed by atoms with Crippen molar-refractivity contribution in [3.63, 3.8) is 0 Å². The van der Waals surface area contributed by atoms with Gasteiger partial charge in [-0.2, -0.15) is 0 Å². The monoisotopic (exact) mass is 352 g/mol. The summed E-state index contributed by atoms with van der Waals surface area (Å²) in [6.45, 7) is 2.00. The molecule has 3 aromatic rings. The number of ether oxygens (including phenoxy) is 1. The van der Waals surface area contributed by atoms with Gasteiger partial charge in [0.1, 0.15) is 17.2 Å².